The number of carbonyl (C=O) groups excluding carboxylic acids is 2. The first-order chi connectivity index (χ1) is 21.1. The highest BCUT2D eigenvalue weighted by Crippen LogP contribution is 2.45. The van der Waals surface area contributed by atoms with E-state index in [0.717, 1.165) is 27.6 Å². The van der Waals surface area contributed by atoms with Gasteiger partial charge in [-0.2, -0.15) is 0 Å². The molecule has 2 heterocycles. The van der Waals surface area contributed by atoms with Gasteiger partial charge in [0.05, 0.1) is 10.7 Å². The second-order valence-electron chi connectivity index (χ2n) is 12.3. The lowest BCUT2D eigenvalue weighted by Crippen LogP contribution is -2.57. The van der Waals surface area contributed by atoms with Crippen molar-refractivity contribution in [1.29, 1.82) is 0 Å². The van der Waals surface area contributed by atoms with E-state index in [4.69, 9.17) is 31.5 Å². The number of anilines is 1. The summed E-state index contributed by atoms with van der Waals surface area (Å²) in [5.74, 6) is 1.89. The molecule has 0 spiro atoms. The van der Waals surface area contributed by atoms with Crippen LogP contribution in [-0.2, 0) is 9.53 Å². The fourth-order valence-corrected chi connectivity index (χ4v) is 5.94. The van der Waals surface area contributed by atoms with Gasteiger partial charge in [-0.05, 0) is 80.1 Å². The Bertz CT molecular complexity index is 1700. The number of nitrogens with two attached hydrogens (primary N) is 1. The summed E-state index contributed by atoms with van der Waals surface area (Å²) in [5.41, 5.74) is 7.56. The number of para-hydroxylation sites is 1. The summed E-state index contributed by atoms with van der Waals surface area (Å²) < 4.78 is 18.0. The van der Waals surface area contributed by atoms with Crippen molar-refractivity contribution >= 4 is 40.1 Å². The van der Waals surface area contributed by atoms with Gasteiger partial charge in [0.2, 0.25) is 0 Å². The second kappa shape index (κ2) is 12.0. The summed E-state index contributed by atoms with van der Waals surface area (Å²) >= 11 is 7.01. The zero-order valence-electron chi connectivity index (χ0n) is 25.1. The second-order valence-corrected chi connectivity index (χ2v) is 12.7. The third kappa shape index (κ3) is 6.18. The molecule has 0 radical (unpaired) electrons. The molecule has 44 heavy (non-hydrogen) atoms. The number of fused-ring (bicyclic) bond motifs is 2. The number of rotatable bonds is 7. The van der Waals surface area contributed by atoms with Crippen LogP contribution in [0.5, 0.6) is 17.2 Å². The zero-order valence-corrected chi connectivity index (χ0v) is 25.8. The molecule has 8 nitrogen and oxygen atoms in total. The molecular weight excluding hydrogens is 578 g/mol. The van der Waals surface area contributed by atoms with Crippen LogP contribution < -0.4 is 20.1 Å². The molecule has 6 rings (SSSR count). The van der Waals surface area contributed by atoms with Crippen LogP contribution in [-0.4, -0.2) is 54.8 Å². The zero-order chi connectivity index (χ0) is 31.0. The van der Waals surface area contributed by atoms with Gasteiger partial charge >= 0.3 is 6.09 Å². The number of carbonyl (C=O) groups is 2. The number of hydrogen-bond donors (Lipinski definition) is 1. The van der Waals surface area contributed by atoms with E-state index < -0.39 is 11.7 Å². The largest absolute Gasteiger partial charge is 0.478 e. The average molecular weight is 614 g/mol. The Morgan fingerprint density at radius 2 is 1.70 bits per heavy atom. The molecule has 228 valence electrons. The van der Waals surface area contributed by atoms with Gasteiger partial charge in [0.15, 0.2) is 6.10 Å². The highest BCUT2D eigenvalue weighted by molar-refractivity contribution is 6.34. The van der Waals surface area contributed by atoms with E-state index in [0.29, 0.717) is 54.8 Å². The Labute approximate surface area is 262 Å². The Morgan fingerprint density at radius 1 is 0.977 bits per heavy atom. The predicted molar refractivity (Wildman–Crippen MR) is 173 cm³/mol. The number of amides is 2. The van der Waals surface area contributed by atoms with Gasteiger partial charge in [0.25, 0.3) is 5.91 Å². The van der Waals surface area contributed by atoms with E-state index in [1.807, 2.05) is 93.6 Å². The molecule has 2 aliphatic heterocycles. The normalized spacial score (nSPS) is 16.8. The van der Waals surface area contributed by atoms with Crippen LogP contribution in [0.2, 0.25) is 5.02 Å². The number of likely N-dealkylation sites (tertiary alicyclic amines) is 1. The molecule has 4 aromatic rings. The van der Waals surface area contributed by atoms with Crippen LogP contribution >= 0.6 is 11.6 Å². The number of ether oxygens (including phenoxy) is 3. The van der Waals surface area contributed by atoms with Crippen molar-refractivity contribution in [2.24, 2.45) is 11.7 Å². The van der Waals surface area contributed by atoms with Gasteiger partial charge in [-0.25, -0.2) is 4.79 Å². The molecule has 1 fully saturated rings. The van der Waals surface area contributed by atoms with Crippen molar-refractivity contribution in [3.63, 3.8) is 0 Å². The molecule has 1 saturated heterocycles. The van der Waals surface area contributed by atoms with Crippen LogP contribution in [0.1, 0.15) is 27.2 Å². The summed E-state index contributed by atoms with van der Waals surface area (Å²) in [6.45, 7) is 7.27. The lowest BCUT2D eigenvalue weighted by atomic mass is 9.95. The van der Waals surface area contributed by atoms with Crippen molar-refractivity contribution in [3.8, 4) is 28.4 Å². The summed E-state index contributed by atoms with van der Waals surface area (Å²) in [6, 6.07) is 25.4. The monoisotopic (exact) mass is 613 g/mol. The molecular formula is C35H36ClN3O5. The van der Waals surface area contributed by atoms with E-state index in [1.54, 1.807) is 15.9 Å². The Morgan fingerprint density at radius 3 is 2.43 bits per heavy atom. The van der Waals surface area contributed by atoms with Crippen molar-refractivity contribution in [2.45, 2.75) is 38.9 Å². The van der Waals surface area contributed by atoms with Gasteiger partial charge in [-0.15, -0.1) is 0 Å². The topological polar surface area (TPSA) is 94.3 Å². The quantitative estimate of drug-likeness (QED) is 0.236. The third-order valence-corrected chi connectivity index (χ3v) is 8.05. The van der Waals surface area contributed by atoms with Gasteiger partial charge < -0.3 is 29.7 Å². The maximum absolute atomic E-state index is 13.6. The van der Waals surface area contributed by atoms with E-state index in [2.05, 4.69) is 0 Å². The van der Waals surface area contributed by atoms with Crippen molar-refractivity contribution in [1.82, 2.24) is 4.90 Å². The van der Waals surface area contributed by atoms with Gasteiger partial charge in [-0.3, -0.25) is 4.79 Å². The van der Waals surface area contributed by atoms with Crippen LogP contribution in [0, 0.1) is 5.92 Å². The lowest BCUT2D eigenvalue weighted by molar-refractivity contribution is -0.126. The minimum Gasteiger partial charge on any atom is -0.478 e. The molecule has 0 aliphatic carbocycles. The smallest absolute Gasteiger partial charge is 0.410 e. The van der Waals surface area contributed by atoms with E-state index >= 15 is 0 Å². The summed E-state index contributed by atoms with van der Waals surface area (Å²) in [5, 5.41) is 2.49. The van der Waals surface area contributed by atoms with Gasteiger partial charge in [-0.1, -0.05) is 54.1 Å². The van der Waals surface area contributed by atoms with Crippen molar-refractivity contribution in [2.75, 3.05) is 31.1 Å². The fourth-order valence-electron chi connectivity index (χ4n) is 5.68. The number of halogens is 1. The number of nitrogens with zero attached hydrogens (tertiary/aromatic N) is 2. The van der Waals surface area contributed by atoms with Crippen molar-refractivity contribution < 1.29 is 23.8 Å². The predicted octanol–water partition coefficient (Wildman–Crippen LogP) is 7.26. The summed E-state index contributed by atoms with van der Waals surface area (Å²) in [6.07, 6.45) is -0.681. The lowest BCUT2D eigenvalue weighted by Gasteiger charge is -2.43. The first kappa shape index (κ1) is 29.8. The van der Waals surface area contributed by atoms with Crippen LogP contribution in [0.3, 0.4) is 0 Å². The standard InChI is InChI=1S/C35H36ClN3O5/c1-35(2,3)44-34(41)38-19-22(20-38)21-39-30-18-29(36)28(17-32(30)43-31(13-14-37)33(39)40)27-16-25(42-24-10-5-4-6-11-24)15-23-9-7-8-12-26(23)27/h4-12,15-18,22,31H,13-14,19-21,37H2,1-3H3/t31-/m1/s1. The Balaban J connectivity index is 1.33. The number of hydrogen-bond acceptors (Lipinski definition) is 6. The maximum atomic E-state index is 13.6. The van der Waals surface area contributed by atoms with Gasteiger partial charge in [0, 0.05) is 37.5 Å². The third-order valence-electron chi connectivity index (χ3n) is 7.73. The first-order valence-corrected chi connectivity index (χ1v) is 15.2. The molecule has 0 unspecified atom stereocenters. The molecule has 2 N–H and O–H groups in total. The maximum Gasteiger partial charge on any atom is 0.410 e. The van der Waals surface area contributed by atoms with Crippen LogP contribution in [0.15, 0.2) is 78.9 Å². The average Bonchev–Trinajstić information content (AvgIpc) is 2.95. The minimum absolute atomic E-state index is 0.0881. The van der Waals surface area contributed by atoms with Gasteiger partial charge in [0.1, 0.15) is 22.8 Å². The SMILES string of the molecule is CC(C)(C)OC(=O)N1CC(CN2C(=O)[C@@H](CCN)Oc3cc(-c4cc(Oc5ccccc5)cc5ccccc45)c(Cl)cc32)C1. The Hall–Kier alpha value is -4.27. The molecule has 4 aromatic carbocycles. The van der Waals surface area contributed by atoms with E-state index in [1.165, 1.54) is 0 Å². The minimum atomic E-state index is -0.715. The van der Waals surface area contributed by atoms with E-state index in [9.17, 15) is 9.59 Å². The van der Waals surface area contributed by atoms with Crippen LogP contribution in [0.25, 0.3) is 21.9 Å². The molecule has 9 heteroatoms. The summed E-state index contributed by atoms with van der Waals surface area (Å²) in [4.78, 5) is 29.5. The summed E-state index contributed by atoms with van der Waals surface area (Å²) in [7, 11) is 0. The molecule has 0 saturated carbocycles. The van der Waals surface area contributed by atoms with Crippen molar-refractivity contribution in [3.05, 3.63) is 83.9 Å². The first-order valence-electron chi connectivity index (χ1n) is 14.9. The number of benzene rings is 4. The molecule has 0 bridgehead atoms. The fraction of sp³-hybridized carbons (Fsp3) is 0.314. The molecule has 2 aliphatic rings. The Kier molecular flexibility index (Phi) is 8.14. The molecule has 2 amide bonds. The highest BCUT2D eigenvalue weighted by atomic mass is 35.5. The van der Waals surface area contributed by atoms with E-state index in [-0.39, 0.29) is 17.9 Å². The molecule has 0 aromatic heterocycles. The highest BCUT2D eigenvalue weighted by Gasteiger charge is 2.40. The molecule has 1 atom stereocenters. The van der Waals surface area contributed by atoms with Crippen LogP contribution in [0.4, 0.5) is 10.5 Å².